The molecular formula is C10H17NO6. The normalized spacial score (nSPS) is 12.6. The number of hydrogen-bond donors (Lipinski definition) is 3. The van der Waals surface area contributed by atoms with E-state index >= 15 is 0 Å². The molecule has 0 unspecified atom stereocenters. The van der Waals surface area contributed by atoms with E-state index in [1.165, 1.54) is 0 Å². The van der Waals surface area contributed by atoms with Gasteiger partial charge in [-0.05, 0) is 20.3 Å². The zero-order chi connectivity index (χ0) is 13.6. The van der Waals surface area contributed by atoms with Gasteiger partial charge in [0.2, 0.25) is 0 Å². The number of nitrogens with one attached hydrogen (secondary N) is 1. The van der Waals surface area contributed by atoms with Gasteiger partial charge < -0.3 is 20.3 Å². The van der Waals surface area contributed by atoms with Gasteiger partial charge in [-0.1, -0.05) is 6.92 Å². The zero-order valence-electron chi connectivity index (χ0n) is 10.0. The number of ether oxygens (including phenoxy) is 1. The van der Waals surface area contributed by atoms with Crippen LogP contribution in [0.1, 0.15) is 33.6 Å². The molecule has 0 aliphatic rings. The summed E-state index contributed by atoms with van der Waals surface area (Å²) in [4.78, 5) is 32.4. The smallest absolute Gasteiger partial charge is 0.408 e. The third-order valence-corrected chi connectivity index (χ3v) is 2.19. The molecule has 0 rings (SSSR count). The maximum Gasteiger partial charge on any atom is 0.408 e. The molecule has 0 saturated carbocycles. The summed E-state index contributed by atoms with van der Waals surface area (Å²) < 4.78 is 4.94. The lowest BCUT2D eigenvalue weighted by Gasteiger charge is -2.24. The summed E-state index contributed by atoms with van der Waals surface area (Å²) in [6.45, 7) is 5.14. The molecule has 3 N–H and O–H groups in total. The van der Waals surface area contributed by atoms with Crippen molar-refractivity contribution in [2.45, 2.75) is 45.3 Å². The Kier molecular flexibility index (Phi) is 5.43. The van der Waals surface area contributed by atoms with Crippen molar-refractivity contribution in [3.05, 3.63) is 0 Å². The molecule has 0 aromatic heterocycles. The molecule has 0 aliphatic heterocycles. The van der Waals surface area contributed by atoms with Crippen LogP contribution in [0.5, 0.6) is 0 Å². The average Bonchev–Trinajstić information content (AvgIpc) is 2.15. The van der Waals surface area contributed by atoms with Crippen LogP contribution in [-0.4, -0.2) is 39.9 Å². The summed E-state index contributed by atoms with van der Waals surface area (Å²) >= 11 is 0. The lowest BCUT2D eigenvalue weighted by molar-refractivity contribution is -0.145. The number of carbonyl (C=O) groups excluding carboxylic acids is 1. The van der Waals surface area contributed by atoms with E-state index in [1.807, 2.05) is 5.32 Å². The second kappa shape index (κ2) is 6.07. The molecule has 0 heterocycles. The van der Waals surface area contributed by atoms with Crippen LogP contribution in [0.4, 0.5) is 4.79 Å². The van der Waals surface area contributed by atoms with Crippen LogP contribution in [0.3, 0.4) is 0 Å². The molecule has 0 bridgehead atoms. The van der Waals surface area contributed by atoms with E-state index in [-0.39, 0.29) is 0 Å². The van der Waals surface area contributed by atoms with Crippen molar-refractivity contribution < 1.29 is 29.3 Å². The molecule has 1 atom stereocenters. The lowest BCUT2D eigenvalue weighted by Crippen LogP contribution is -2.45. The Hall–Kier alpha value is -1.79. The molecule has 17 heavy (non-hydrogen) atoms. The summed E-state index contributed by atoms with van der Waals surface area (Å²) in [6.07, 6.45) is -1.08. The first-order chi connectivity index (χ1) is 7.68. The molecule has 0 aliphatic carbocycles. The highest BCUT2D eigenvalue weighted by Gasteiger charge is 2.27. The molecule has 7 heteroatoms. The van der Waals surface area contributed by atoms with Gasteiger partial charge in [0, 0.05) is 0 Å². The number of hydrogen-bond acceptors (Lipinski definition) is 4. The molecule has 0 radical (unpaired) electrons. The highest BCUT2D eigenvalue weighted by atomic mass is 16.6. The minimum absolute atomic E-state index is 0.553. The predicted octanol–water partition coefficient (Wildman–Crippen LogP) is 0.829. The van der Waals surface area contributed by atoms with Crippen molar-refractivity contribution in [2.75, 3.05) is 0 Å². The number of carbonyl (C=O) groups is 3. The predicted molar refractivity (Wildman–Crippen MR) is 57.7 cm³/mol. The van der Waals surface area contributed by atoms with Gasteiger partial charge in [0.25, 0.3) is 0 Å². The first-order valence-electron chi connectivity index (χ1n) is 5.12. The standard InChI is InChI=1S/C10H17NO6/c1-4-10(2,3)17-9(16)11-6(8(14)15)5-7(12)13/h6H,4-5H2,1-3H3,(H,11,16)(H,12,13)(H,14,15)/t6-/m0/s1. The van der Waals surface area contributed by atoms with Crippen molar-refractivity contribution in [1.82, 2.24) is 5.32 Å². The highest BCUT2D eigenvalue weighted by Crippen LogP contribution is 2.13. The first kappa shape index (κ1) is 15.2. The molecule has 0 fully saturated rings. The van der Waals surface area contributed by atoms with E-state index in [0.29, 0.717) is 6.42 Å². The summed E-state index contributed by atoms with van der Waals surface area (Å²) in [6, 6.07) is -1.49. The number of rotatable bonds is 6. The van der Waals surface area contributed by atoms with Crippen LogP contribution in [0.25, 0.3) is 0 Å². The maximum atomic E-state index is 11.3. The third kappa shape index (κ3) is 6.39. The van der Waals surface area contributed by atoms with Gasteiger partial charge in [-0.25, -0.2) is 9.59 Å². The fraction of sp³-hybridized carbons (Fsp3) is 0.700. The van der Waals surface area contributed by atoms with E-state index in [2.05, 4.69) is 0 Å². The molecule has 0 spiro atoms. The van der Waals surface area contributed by atoms with Crippen LogP contribution < -0.4 is 5.32 Å². The Labute approximate surface area is 98.8 Å². The molecular weight excluding hydrogens is 230 g/mol. The quantitative estimate of drug-likeness (QED) is 0.640. The Morgan fingerprint density at radius 1 is 1.29 bits per heavy atom. The van der Waals surface area contributed by atoms with Crippen molar-refractivity contribution in [3.63, 3.8) is 0 Å². The largest absolute Gasteiger partial charge is 0.481 e. The molecule has 0 saturated heterocycles. The monoisotopic (exact) mass is 247 g/mol. The van der Waals surface area contributed by atoms with Crippen LogP contribution >= 0.6 is 0 Å². The van der Waals surface area contributed by atoms with E-state index in [1.54, 1.807) is 20.8 Å². The number of carboxylic acids is 2. The molecule has 98 valence electrons. The second-order valence-electron chi connectivity index (χ2n) is 4.14. The Balaban J connectivity index is 4.41. The Bertz CT molecular complexity index is 312. The Morgan fingerprint density at radius 3 is 2.18 bits per heavy atom. The van der Waals surface area contributed by atoms with Crippen molar-refractivity contribution in [3.8, 4) is 0 Å². The first-order valence-corrected chi connectivity index (χ1v) is 5.12. The highest BCUT2D eigenvalue weighted by molar-refractivity contribution is 5.84. The third-order valence-electron chi connectivity index (χ3n) is 2.19. The van der Waals surface area contributed by atoms with E-state index in [4.69, 9.17) is 14.9 Å². The molecule has 0 aromatic rings. The topological polar surface area (TPSA) is 113 Å². The fourth-order valence-corrected chi connectivity index (χ4v) is 0.870. The minimum atomic E-state index is -1.49. The molecule has 7 nitrogen and oxygen atoms in total. The minimum Gasteiger partial charge on any atom is -0.481 e. The van der Waals surface area contributed by atoms with Gasteiger partial charge in [0.1, 0.15) is 11.6 Å². The van der Waals surface area contributed by atoms with E-state index < -0.39 is 36.1 Å². The van der Waals surface area contributed by atoms with Gasteiger partial charge in [-0.15, -0.1) is 0 Å². The number of alkyl carbamates (subject to hydrolysis) is 1. The number of aliphatic carboxylic acids is 2. The zero-order valence-corrected chi connectivity index (χ0v) is 10.0. The van der Waals surface area contributed by atoms with Crippen molar-refractivity contribution in [1.29, 1.82) is 0 Å². The Morgan fingerprint density at radius 2 is 1.82 bits per heavy atom. The summed E-state index contributed by atoms with van der Waals surface area (Å²) in [5, 5.41) is 19.2. The van der Waals surface area contributed by atoms with Gasteiger partial charge in [-0.3, -0.25) is 4.79 Å². The van der Waals surface area contributed by atoms with Crippen LogP contribution in [0.15, 0.2) is 0 Å². The SMILES string of the molecule is CCC(C)(C)OC(=O)N[C@@H](CC(=O)O)C(=O)O. The van der Waals surface area contributed by atoms with Crippen molar-refractivity contribution >= 4 is 18.0 Å². The van der Waals surface area contributed by atoms with Crippen LogP contribution in [0, 0.1) is 0 Å². The van der Waals surface area contributed by atoms with Gasteiger partial charge in [-0.2, -0.15) is 0 Å². The molecule has 0 aromatic carbocycles. The van der Waals surface area contributed by atoms with E-state index in [9.17, 15) is 14.4 Å². The maximum absolute atomic E-state index is 11.3. The fourth-order valence-electron chi connectivity index (χ4n) is 0.870. The van der Waals surface area contributed by atoms with E-state index in [0.717, 1.165) is 0 Å². The summed E-state index contributed by atoms with van der Waals surface area (Å²) in [5.41, 5.74) is -0.726. The van der Waals surface area contributed by atoms with Crippen LogP contribution in [-0.2, 0) is 14.3 Å². The average molecular weight is 247 g/mol. The van der Waals surface area contributed by atoms with Crippen molar-refractivity contribution in [2.24, 2.45) is 0 Å². The number of carboxylic acid groups (broad SMARTS) is 2. The summed E-state index contributed by atoms with van der Waals surface area (Å²) in [5.74, 6) is -2.73. The second-order valence-corrected chi connectivity index (χ2v) is 4.14. The van der Waals surface area contributed by atoms with Gasteiger partial charge in [0.15, 0.2) is 0 Å². The van der Waals surface area contributed by atoms with Crippen LogP contribution in [0.2, 0.25) is 0 Å². The van der Waals surface area contributed by atoms with Gasteiger partial charge >= 0.3 is 18.0 Å². The lowest BCUT2D eigenvalue weighted by atomic mass is 10.1. The number of amides is 1. The molecule has 1 amide bonds. The summed E-state index contributed by atoms with van der Waals surface area (Å²) in [7, 11) is 0. The van der Waals surface area contributed by atoms with Gasteiger partial charge in [0.05, 0.1) is 6.42 Å².